The molecule has 0 amide bonds. The monoisotopic (exact) mass is 264 g/mol. The maximum Gasteiger partial charge on any atom is 0.308 e. The van der Waals surface area contributed by atoms with Gasteiger partial charge in [-0.1, -0.05) is 0 Å². The van der Waals surface area contributed by atoms with Gasteiger partial charge in [0.25, 0.3) is 0 Å². The van der Waals surface area contributed by atoms with E-state index >= 15 is 0 Å². The minimum Gasteiger partial charge on any atom is -0.474 e. The Morgan fingerprint density at radius 3 is 2.58 bits per heavy atom. The number of methoxy groups -OCH3 is 1. The molecule has 1 aromatic rings. The van der Waals surface area contributed by atoms with Crippen molar-refractivity contribution in [1.82, 2.24) is 4.98 Å². The summed E-state index contributed by atoms with van der Waals surface area (Å²) in [6, 6.07) is 3.59. The van der Waals surface area contributed by atoms with Crippen molar-refractivity contribution in [2.45, 2.75) is 38.7 Å². The second-order valence-corrected chi connectivity index (χ2v) is 4.94. The maximum atomic E-state index is 11.4. The summed E-state index contributed by atoms with van der Waals surface area (Å²) < 4.78 is 10.6. The molecule has 2 rings (SSSR count). The van der Waals surface area contributed by atoms with Crippen molar-refractivity contribution in [3.63, 3.8) is 0 Å². The van der Waals surface area contributed by atoms with E-state index in [1.165, 1.54) is 7.11 Å². The molecule has 5 heteroatoms. The van der Waals surface area contributed by atoms with Crippen LogP contribution in [0.15, 0.2) is 12.1 Å². The molecule has 0 spiro atoms. The molecule has 0 aliphatic heterocycles. The molecule has 1 aliphatic rings. The smallest absolute Gasteiger partial charge is 0.308 e. The Balaban J connectivity index is 1.88. The van der Waals surface area contributed by atoms with Gasteiger partial charge < -0.3 is 15.2 Å². The highest BCUT2D eigenvalue weighted by atomic mass is 16.5. The lowest BCUT2D eigenvalue weighted by molar-refractivity contribution is -0.147. The van der Waals surface area contributed by atoms with Crippen molar-refractivity contribution in [3.05, 3.63) is 17.8 Å². The number of nitrogens with two attached hydrogens (primary N) is 1. The largest absolute Gasteiger partial charge is 0.474 e. The standard InChI is InChI=1S/C14H20N2O3/c1-9-12(15)7-8-13(16-9)19-11-5-3-10(4-6-11)14(17)18-2/h7-8,10-11H,3-6,15H2,1-2H3. The number of esters is 1. The molecule has 0 aromatic carbocycles. The first-order chi connectivity index (χ1) is 9.10. The summed E-state index contributed by atoms with van der Waals surface area (Å²) in [5.74, 6) is 0.513. The molecular formula is C14H20N2O3. The highest BCUT2D eigenvalue weighted by Gasteiger charge is 2.28. The number of hydrogen-bond donors (Lipinski definition) is 1. The average Bonchev–Trinajstić information content (AvgIpc) is 2.43. The first kappa shape index (κ1) is 13.6. The molecular weight excluding hydrogens is 244 g/mol. The Kier molecular flexibility index (Phi) is 4.24. The van der Waals surface area contributed by atoms with Crippen molar-refractivity contribution in [1.29, 1.82) is 0 Å². The number of ether oxygens (including phenoxy) is 2. The van der Waals surface area contributed by atoms with Gasteiger partial charge in [-0.2, -0.15) is 0 Å². The number of hydrogen-bond acceptors (Lipinski definition) is 5. The first-order valence-electron chi connectivity index (χ1n) is 6.57. The van der Waals surface area contributed by atoms with Gasteiger partial charge in [-0.25, -0.2) is 4.98 Å². The van der Waals surface area contributed by atoms with E-state index in [4.69, 9.17) is 15.2 Å². The van der Waals surface area contributed by atoms with E-state index in [-0.39, 0.29) is 18.0 Å². The number of pyridine rings is 1. The van der Waals surface area contributed by atoms with Gasteiger partial charge in [-0.15, -0.1) is 0 Å². The van der Waals surface area contributed by atoms with Gasteiger partial charge >= 0.3 is 5.97 Å². The topological polar surface area (TPSA) is 74.4 Å². The third-order valence-electron chi connectivity index (χ3n) is 3.60. The Labute approximate surface area is 113 Å². The van der Waals surface area contributed by atoms with Crippen LogP contribution >= 0.6 is 0 Å². The lowest BCUT2D eigenvalue weighted by Crippen LogP contribution is -2.28. The number of anilines is 1. The number of aryl methyl sites for hydroxylation is 1. The summed E-state index contributed by atoms with van der Waals surface area (Å²) in [4.78, 5) is 15.7. The number of aromatic nitrogens is 1. The summed E-state index contributed by atoms with van der Waals surface area (Å²) in [6.07, 6.45) is 3.45. The van der Waals surface area contributed by atoms with Crippen LogP contribution < -0.4 is 10.5 Å². The zero-order valence-electron chi connectivity index (χ0n) is 11.4. The summed E-state index contributed by atoms with van der Waals surface area (Å²) in [5.41, 5.74) is 7.17. The molecule has 0 radical (unpaired) electrons. The molecule has 1 aliphatic carbocycles. The van der Waals surface area contributed by atoms with Gasteiger partial charge in [0.1, 0.15) is 6.10 Å². The van der Waals surface area contributed by atoms with Crippen LogP contribution in [0.4, 0.5) is 5.69 Å². The van der Waals surface area contributed by atoms with Crippen LogP contribution in [-0.2, 0) is 9.53 Å². The van der Waals surface area contributed by atoms with Gasteiger partial charge in [0, 0.05) is 6.07 Å². The zero-order valence-corrected chi connectivity index (χ0v) is 11.4. The Morgan fingerprint density at radius 1 is 1.32 bits per heavy atom. The van der Waals surface area contributed by atoms with Crippen molar-refractivity contribution < 1.29 is 14.3 Å². The van der Waals surface area contributed by atoms with Crippen molar-refractivity contribution >= 4 is 11.7 Å². The molecule has 0 unspecified atom stereocenters. The number of nitrogens with zero attached hydrogens (tertiary/aromatic N) is 1. The van der Waals surface area contributed by atoms with Crippen LogP contribution in [0.2, 0.25) is 0 Å². The average molecular weight is 264 g/mol. The molecule has 104 valence electrons. The van der Waals surface area contributed by atoms with E-state index in [9.17, 15) is 4.79 Å². The Morgan fingerprint density at radius 2 is 2.00 bits per heavy atom. The number of nitrogen functional groups attached to an aromatic ring is 1. The fourth-order valence-corrected chi connectivity index (χ4v) is 2.37. The Bertz CT molecular complexity index is 454. The summed E-state index contributed by atoms with van der Waals surface area (Å²) >= 11 is 0. The van der Waals surface area contributed by atoms with E-state index in [1.54, 1.807) is 12.1 Å². The second-order valence-electron chi connectivity index (χ2n) is 4.94. The van der Waals surface area contributed by atoms with Crippen LogP contribution in [-0.4, -0.2) is 24.2 Å². The van der Waals surface area contributed by atoms with E-state index in [0.29, 0.717) is 11.6 Å². The molecule has 0 bridgehead atoms. The van der Waals surface area contributed by atoms with Crippen molar-refractivity contribution in [3.8, 4) is 5.88 Å². The van der Waals surface area contributed by atoms with Crippen LogP contribution in [0.1, 0.15) is 31.4 Å². The molecule has 1 aromatic heterocycles. The highest BCUT2D eigenvalue weighted by molar-refractivity contribution is 5.72. The predicted octanol–water partition coefficient (Wildman–Crippen LogP) is 2.08. The molecule has 1 heterocycles. The molecule has 0 atom stereocenters. The molecule has 1 fully saturated rings. The van der Waals surface area contributed by atoms with Crippen LogP contribution in [0.25, 0.3) is 0 Å². The van der Waals surface area contributed by atoms with E-state index < -0.39 is 0 Å². The molecule has 2 N–H and O–H groups in total. The Hall–Kier alpha value is -1.78. The van der Waals surface area contributed by atoms with E-state index in [2.05, 4.69) is 4.98 Å². The lowest BCUT2D eigenvalue weighted by atomic mass is 9.87. The van der Waals surface area contributed by atoms with Crippen LogP contribution in [0, 0.1) is 12.8 Å². The van der Waals surface area contributed by atoms with Crippen LogP contribution in [0.5, 0.6) is 5.88 Å². The quantitative estimate of drug-likeness (QED) is 0.846. The molecule has 0 saturated heterocycles. The zero-order chi connectivity index (χ0) is 13.8. The SMILES string of the molecule is COC(=O)C1CCC(Oc2ccc(N)c(C)n2)CC1. The fraction of sp³-hybridized carbons (Fsp3) is 0.571. The number of carbonyl (C=O) groups excluding carboxylic acids is 1. The van der Waals surface area contributed by atoms with E-state index in [1.807, 2.05) is 6.92 Å². The molecule has 1 saturated carbocycles. The molecule has 5 nitrogen and oxygen atoms in total. The highest BCUT2D eigenvalue weighted by Crippen LogP contribution is 2.28. The van der Waals surface area contributed by atoms with Crippen molar-refractivity contribution in [2.75, 3.05) is 12.8 Å². The minimum atomic E-state index is -0.111. The minimum absolute atomic E-state index is 0.0194. The second kappa shape index (κ2) is 5.91. The van der Waals surface area contributed by atoms with Gasteiger partial charge in [0.05, 0.1) is 24.4 Å². The summed E-state index contributed by atoms with van der Waals surface area (Å²) in [6.45, 7) is 1.86. The van der Waals surface area contributed by atoms with Crippen LogP contribution in [0.3, 0.4) is 0 Å². The summed E-state index contributed by atoms with van der Waals surface area (Å²) in [7, 11) is 1.44. The molecule has 19 heavy (non-hydrogen) atoms. The van der Waals surface area contributed by atoms with Gasteiger partial charge in [0.15, 0.2) is 0 Å². The van der Waals surface area contributed by atoms with Crippen molar-refractivity contribution in [2.24, 2.45) is 5.92 Å². The first-order valence-corrected chi connectivity index (χ1v) is 6.57. The normalized spacial score (nSPS) is 22.8. The fourth-order valence-electron chi connectivity index (χ4n) is 2.37. The van der Waals surface area contributed by atoms with E-state index in [0.717, 1.165) is 31.4 Å². The maximum absolute atomic E-state index is 11.4. The lowest BCUT2D eigenvalue weighted by Gasteiger charge is -2.27. The van der Waals surface area contributed by atoms with Gasteiger partial charge in [-0.05, 0) is 38.7 Å². The third kappa shape index (κ3) is 3.36. The predicted molar refractivity (Wildman–Crippen MR) is 71.8 cm³/mol. The third-order valence-corrected chi connectivity index (χ3v) is 3.60. The number of carbonyl (C=O) groups is 1. The van der Waals surface area contributed by atoms with Gasteiger partial charge in [-0.3, -0.25) is 4.79 Å². The summed E-state index contributed by atoms with van der Waals surface area (Å²) in [5, 5.41) is 0. The number of rotatable bonds is 3. The van der Waals surface area contributed by atoms with Gasteiger partial charge in [0.2, 0.25) is 5.88 Å².